The molecule has 0 aromatic heterocycles. The fourth-order valence-corrected chi connectivity index (χ4v) is 3.30. The van der Waals surface area contributed by atoms with Crippen LogP contribution in [0.15, 0.2) is 23.1 Å². The predicted molar refractivity (Wildman–Crippen MR) is 62.6 cm³/mol. The highest BCUT2D eigenvalue weighted by Gasteiger charge is 2.18. The van der Waals surface area contributed by atoms with Crippen molar-refractivity contribution in [3.63, 3.8) is 0 Å². The molecule has 0 fully saturated rings. The maximum absolute atomic E-state index is 13.5. The van der Waals surface area contributed by atoms with Crippen molar-refractivity contribution in [1.82, 2.24) is 0 Å². The summed E-state index contributed by atoms with van der Waals surface area (Å²) in [6.45, 7) is 0.736. The summed E-state index contributed by atoms with van der Waals surface area (Å²) in [6, 6.07) is 5.40. The molecule has 0 saturated carbocycles. The Bertz CT molecular complexity index is 340. The molecular weight excluding hydrogens is 209 g/mol. The second-order valence-electron chi connectivity index (χ2n) is 4.01. The van der Waals surface area contributed by atoms with Crippen molar-refractivity contribution in [3.8, 4) is 0 Å². The first-order valence-electron chi connectivity index (χ1n) is 5.41. The van der Waals surface area contributed by atoms with E-state index in [0.717, 1.165) is 42.0 Å². The zero-order valence-corrected chi connectivity index (χ0v) is 9.52. The van der Waals surface area contributed by atoms with Crippen LogP contribution >= 0.6 is 11.8 Å². The van der Waals surface area contributed by atoms with E-state index in [1.807, 2.05) is 6.07 Å². The number of fused-ring (bicyclic) bond motifs is 1. The van der Waals surface area contributed by atoms with Gasteiger partial charge in [-0.25, -0.2) is 4.39 Å². The highest BCUT2D eigenvalue weighted by Crippen LogP contribution is 2.34. The number of hydrogen-bond acceptors (Lipinski definition) is 2. The van der Waals surface area contributed by atoms with Crippen LogP contribution in [0, 0.1) is 11.7 Å². The normalized spacial score (nSPS) is 20.8. The van der Waals surface area contributed by atoms with Crippen LogP contribution in [0.1, 0.15) is 18.4 Å². The lowest BCUT2D eigenvalue weighted by Crippen LogP contribution is -2.11. The Hall–Kier alpha value is -0.540. The quantitative estimate of drug-likeness (QED) is 0.837. The minimum absolute atomic E-state index is 0.0640. The third kappa shape index (κ3) is 2.52. The average Bonchev–Trinajstić information content (AvgIpc) is 2.41. The number of thioether (sulfide) groups is 1. The minimum Gasteiger partial charge on any atom is -0.330 e. The van der Waals surface area contributed by atoms with Crippen molar-refractivity contribution < 1.29 is 4.39 Å². The van der Waals surface area contributed by atoms with E-state index in [4.69, 9.17) is 5.73 Å². The summed E-state index contributed by atoms with van der Waals surface area (Å²) in [5.41, 5.74) is 6.74. The van der Waals surface area contributed by atoms with Crippen LogP contribution in [-0.2, 0) is 6.42 Å². The van der Waals surface area contributed by atoms with Crippen molar-refractivity contribution in [1.29, 1.82) is 0 Å². The van der Waals surface area contributed by atoms with Gasteiger partial charge in [-0.3, -0.25) is 0 Å². The monoisotopic (exact) mass is 225 g/mol. The van der Waals surface area contributed by atoms with Crippen molar-refractivity contribution in [3.05, 3.63) is 29.6 Å². The number of nitrogens with two attached hydrogens (primary N) is 1. The lowest BCUT2D eigenvalue weighted by atomic mass is 9.94. The summed E-state index contributed by atoms with van der Waals surface area (Å²) in [5.74, 6) is 1.58. The molecular formula is C12H16FNS. The molecule has 0 saturated heterocycles. The SMILES string of the molecule is NCCC1CCSc2c(F)cccc2C1. The Morgan fingerprint density at radius 1 is 1.47 bits per heavy atom. The lowest BCUT2D eigenvalue weighted by molar-refractivity contribution is 0.477. The van der Waals surface area contributed by atoms with Crippen molar-refractivity contribution >= 4 is 11.8 Å². The van der Waals surface area contributed by atoms with Crippen LogP contribution in [0.3, 0.4) is 0 Å². The molecule has 1 unspecified atom stereocenters. The van der Waals surface area contributed by atoms with E-state index in [1.165, 1.54) is 0 Å². The summed E-state index contributed by atoms with van der Waals surface area (Å²) in [5, 5.41) is 0. The fourth-order valence-electron chi connectivity index (χ4n) is 2.10. The smallest absolute Gasteiger partial charge is 0.137 e. The van der Waals surface area contributed by atoms with Crippen LogP contribution in [0.5, 0.6) is 0 Å². The molecule has 1 heterocycles. The highest BCUT2D eigenvalue weighted by atomic mass is 32.2. The largest absolute Gasteiger partial charge is 0.330 e. The van der Waals surface area contributed by atoms with Gasteiger partial charge in [-0.05, 0) is 49.1 Å². The maximum atomic E-state index is 13.5. The lowest BCUT2D eigenvalue weighted by Gasteiger charge is -2.12. The van der Waals surface area contributed by atoms with E-state index in [1.54, 1.807) is 23.9 Å². The molecule has 1 aliphatic rings. The summed E-state index contributed by atoms with van der Waals surface area (Å²) >= 11 is 1.65. The van der Waals surface area contributed by atoms with E-state index in [2.05, 4.69) is 0 Å². The fraction of sp³-hybridized carbons (Fsp3) is 0.500. The molecule has 2 rings (SSSR count). The number of benzene rings is 1. The van der Waals surface area contributed by atoms with Crippen LogP contribution in [0.2, 0.25) is 0 Å². The van der Waals surface area contributed by atoms with Gasteiger partial charge in [0.25, 0.3) is 0 Å². The minimum atomic E-state index is -0.0640. The first kappa shape index (κ1) is 11.0. The molecule has 0 spiro atoms. The van der Waals surface area contributed by atoms with Gasteiger partial charge in [0.15, 0.2) is 0 Å². The summed E-state index contributed by atoms with van der Waals surface area (Å²) in [4.78, 5) is 0.858. The van der Waals surface area contributed by atoms with Crippen molar-refractivity contribution in [2.24, 2.45) is 11.7 Å². The Morgan fingerprint density at radius 2 is 2.33 bits per heavy atom. The molecule has 1 aromatic rings. The summed E-state index contributed by atoms with van der Waals surface area (Å²) in [7, 11) is 0. The molecule has 0 aliphatic carbocycles. The Morgan fingerprint density at radius 3 is 3.13 bits per heavy atom. The van der Waals surface area contributed by atoms with Crippen molar-refractivity contribution in [2.75, 3.05) is 12.3 Å². The topological polar surface area (TPSA) is 26.0 Å². The standard InChI is InChI=1S/C12H16FNS/c13-11-3-1-2-10-8-9(4-6-14)5-7-15-12(10)11/h1-3,9H,4-8,14H2. The van der Waals surface area contributed by atoms with E-state index < -0.39 is 0 Å². The highest BCUT2D eigenvalue weighted by molar-refractivity contribution is 7.99. The summed E-state index contributed by atoms with van der Waals surface area (Å²) in [6.07, 6.45) is 3.18. The van der Waals surface area contributed by atoms with Crippen molar-refractivity contribution in [2.45, 2.75) is 24.2 Å². The first-order chi connectivity index (χ1) is 7.31. The first-order valence-corrected chi connectivity index (χ1v) is 6.40. The summed E-state index contributed by atoms with van der Waals surface area (Å²) < 4.78 is 13.5. The molecule has 0 amide bonds. The van der Waals surface area contributed by atoms with Crippen LogP contribution in [0.4, 0.5) is 4.39 Å². The van der Waals surface area contributed by atoms with E-state index in [0.29, 0.717) is 5.92 Å². The second kappa shape index (κ2) is 4.99. The zero-order valence-electron chi connectivity index (χ0n) is 8.71. The average molecular weight is 225 g/mol. The molecule has 0 radical (unpaired) electrons. The van der Waals surface area contributed by atoms with Gasteiger partial charge in [-0.15, -0.1) is 11.8 Å². The maximum Gasteiger partial charge on any atom is 0.137 e. The Kier molecular flexibility index (Phi) is 3.65. The van der Waals surface area contributed by atoms with E-state index in [-0.39, 0.29) is 5.82 Å². The molecule has 1 nitrogen and oxygen atoms in total. The van der Waals surface area contributed by atoms with Crippen LogP contribution in [-0.4, -0.2) is 12.3 Å². The molecule has 0 bridgehead atoms. The Labute approximate surface area is 94.2 Å². The third-order valence-corrected chi connectivity index (χ3v) is 4.09. The molecule has 2 N–H and O–H groups in total. The van der Waals surface area contributed by atoms with E-state index in [9.17, 15) is 4.39 Å². The number of halogens is 1. The molecule has 1 aromatic carbocycles. The van der Waals surface area contributed by atoms with Gasteiger partial charge in [0.1, 0.15) is 5.82 Å². The van der Waals surface area contributed by atoms with Gasteiger partial charge in [-0.2, -0.15) is 0 Å². The molecule has 1 aliphatic heterocycles. The third-order valence-electron chi connectivity index (χ3n) is 2.90. The molecule has 3 heteroatoms. The van der Waals surface area contributed by atoms with Gasteiger partial charge < -0.3 is 5.73 Å². The number of hydrogen-bond donors (Lipinski definition) is 1. The van der Waals surface area contributed by atoms with Crippen LogP contribution < -0.4 is 5.73 Å². The number of rotatable bonds is 2. The molecule has 1 atom stereocenters. The van der Waals surface area contributed by atoms with Crippen LogP contribution in [0.25, 0.3) is 0 Å². The second-order valence-corrected chi connectivity index (χ2v) is 5.12. The molecule has 15 heavy (non-hydrogen) atoms. The Balaban J connectivity index is 2.22. The van der Waals surface area contributed by atoms with Gasteiger partial charge in [-0.1, -0.05) is 12.1 Å². The van der Waals surface area contributed by atoms with Gasteiger partial charge in [0, 0.05) is 4.90 Å². The molecule has 82 valence electrons. The van der Waals surface area contributed by atoms with Gasteiger partial charge >= 0.3 is 0 Å². The van der Waals surface area contributed by atoms with Gasteiger partial charge in [0.05, 0.1) is 0 Å². The predicted octanol–water partition coefficient (Wildman–Crippen LogP) is 2.83. The van der Waals surface area contributed by atoms with Gasteiger partial charge in [0.2, 0.25) is 0 Å². The zero-order chi connectivity index (χ0) is 10.7. The van der Waals surface area contributed by atoms with E-state index >= 15 is 0 Å².